The minimum Gasteiger partial charge on any atom is -0.456 e. The highest BCUT2D eigenvalue weighted by molar-refractivity contribution is 5.77. The van der Waals surface area contributed by atoms with Crippen LogP contribution in [0.4, 0.5) is 13.2 Å². The van der Waals surface area contributed by atoms with Crippen LogP contribution in [0.15, 0.2) is 0 Å². The second kappa shape index (κ2) is 6.57. The van der Waals surface area contributed by atoms with Crippen molar-refractivity contribution in [3.05, 3.63) is 0 Å². The highest BCUT2D eigenvalue weighted by Crippen LogP contribution is 2.49. The van der Waals surface area contributed by atoms with Crippen LogP contribution in [0.25, 0.3) is 0 Å². The molecule has 0 saturated heterocycles. The molecule has 0 N–H and O–H groups in total. The number of rotatable bonds is 6. The van der Waals surface area contributed by atoms with Crippen molar-refractivity contribution in [3.63, 3.8) is 0 Å². The summed E-state index contributed by atoms with van der Waals surface area (Å²) in [5.74, 6) is -0.763. The van der Waals surface area contributed by atoms with Gasteiger partial charge in [0.05, 0.1) is 5.41 Å². The van der Waals surface area contributed by atoms with Gasteiger partial charge in [-0.25, -0.2) is 0 Å². The van der Waals surface area contributed by atoms with Crippen molar-refractivity contribution in [1.29, 1.82) is 0 Å². The molecule has 1 unspecified atom stereocenters. The Morgan fingerprint density at radius 2 is 1.38 bits per heavy atom. The van der Waals surface area contributed by atoms with Crippen LogP contribution < -0.4 is 0 Å². The van der Waals surface area contributed by atoms with Gasteiger partial charge in [-0.1, -0.05) is 54.4 Å². The molecule has 0 aromatic carbocycles. The summed E-state index contributed by atoms with van der Waals surface area (Å²) >= 11 is 0. The SMILES string of the molecule is CCC(C)(CC)CC(C)(C(=O)OCC(F)(F)F)C(C)(C)C. The van der Waals surface area contributed by atoms with Crippen molar-refractivity contribution in [2.24, 2.45) is 16.2 Å². The quantitative estimate of drug-likeness (QED) is 0.617. The van der Waals surface area contributed by atoms with Gasteiger partial charge < -0.3 is 4.74 Å². The number of esters is 1. The van der Waals surface area contributed by atoms with E-state index in [0.29, 0.717) is 6.42 Å². The van der Waals surface area contributed by atoms with Crippen molar-refractivity contribution in [3.8, 4) is 0 Å². The summed E-state index contributed by atoms with van der Waals surface area (Å²) in [4.78, 5) is 12.3. The molecule has 2 nitrogen and oxygen atoms in total. The average molecular weight is 310 g/mol. The van der Waals surface area contributed by atoms with Crippen molar-refractivity contribution in [2.75, 3.05) is 6.61 Å². The van der Waals surface area contributed by atoms with E-state index in [-0.39, 0.29) is 5.41 Å². The number of halogens is 3. The summed E-state index contributed by atoms with van der Waals surface area (Å²) in [6, 6.07) is 0. The van der Waals surface area contributed by atoms with E-state index in [2.05, 4.69) is 11.7 Å². The maximum absolute atomic E-state index is 12.3. The highest BCUT2D eigenvalue weighted by atomic mass is 19.4. The first-order valence-corrected chi connectivity index (χ1v) is 7.45. The standard InChI is InChI=1S/C16H29F3O2/c1-8-14(6,9-2)10-15(7,13(3,4)5)12(20)21-11-16(17,18)19/h8-11H2,1-7H3. The molecule has 21 heavy (non-hydrogen) atoms. The number of ether oxygens (including phenoxy) is 1. The fourth-order valence-corrected chi connectivity index (χ4v) is 2.30. The molecule has 5 heteroatoms. The Kier molecular flexibility index (Phi) is 6.34. The number of alkyl halides is 3. The van der Waals surface area contributed by atoms with Gasteiger partial charge in [0.1, 0.15) is 0 Å². The summed E-state index contributed by atoms with van der Waals surface area (Å²) in [6.07, 6.45) is -2.26. The minimum atomic E-state index is -4.49. The number of hydrogen-bond acceptors (Lipinski definition) is 2. The van der Waals surface area contributed by atoms with Crippen molar-refractivity contribution < 1.29 is 22.7 Å². The van der Waals surface area contributed by atoms with Gasteiger partial charge in [-0.15, -0.1) is 0 Å². The van der Waals surface area contributed by atoms with E-state index in [1.54, 1.807) is 6.92 Å². The van der Waals surface area contributed by atoms with E-state index >= 15 is 0 Å². The Morgan fingerprint density at radius 1 is 0.952 bits per heavy atom. The van der Waals surface area contributed by atoms with Crippen molar-refractivity contribution in [1.82, 2.24) is 0 Å². The first-order valence-electron chi connectivity index (χ1n) is 7.45. The lowest BCUT2D eigenvalue weighted by atomic mass is 9.59. The first-order chi connectivity index (χ1) is 9.21. The zero-order valence-electron chi connectivity index (χ0n) is 14.3. The van der Waals surface area contributed by atoms with E-state index < -0.39 is 29.6 Å². The number of carbonyl (C=O) groups excluding carboxylic acids is 1. The molecule has 0 amide bonds. The highest BCUT2D eigenvalue weighted by Gasteiger charge is 2.49. The molecule has 126 valence electrons. The van der Waals surface area contributed by atoms with E-state index in [1.165, 1.54) is 0 Å². The zero-order valence-corrected chi connectivity index (χ0v) is 14.3. The zero-order chi connectivity index (χ0) is 17.1. The molecule has 0 saturated carbocycles. The first kappa shape index (κ1) is 20.3. The van der Waals surface area contributed by atoms with Gasteiger partial charge in [0.25, 0.3) is 0 Å². The Hall–Kier alpha value is -0.740. The molecule has 0 heterocycles. The fourth-order valence-electron chi connectivity index (χ4n) is 2.30. The largest absolute Gasteiger partial charge is 0.456 e. The fraction of sp³-hybridized carbons (Fsp3) is 0.938. The van der Waals surface area contributed by atoms with Crippen LogP contribution >= 0.6 is 0 Å². The molecule has 0 aliphatic rings. The third-order valence-corrected chi connectivity index (χ3v) is 4.96. The smallest absolute Gasteiger partial charge is 0.422 e. The normalized spacial score (nSPS) is 16.5. The molecule has 0 aliphatic heterocycles. The van der Waals surface area contributed by atoms with E-state index in [9.17, 15) is 18.0 Å². The predicted molar refractivity (Wildman–Crippen MR) is 77.9 cm³/mol. The average Bonchev–Trinajstić information content (AvgIpc) is 2.33. The summed E-state index contributed by atoms with van der Waals surface area (Å²) in [5.41, 5.74) is -1.54. The van der Waals surface area contributed by atoms with Crippen LogP contribution in [0.1, 0.15) is 67.7 Å². The molecular formula is C16H29F3O2. The van der Waals surface area contributed by atoms with E-state index in [1.807, 2.05) is 34.6 Å². The molecule has 0 bridgehead atoms. The summed E-state index contributed by atoms with van der Waals surface area (Å²) in [5, 5.41) is 0. The summed E-state index contributed by atoms with van der Waals surface area (Å²) in [6.45, 7) is 11.9. The molecular weight excluding hydrogens is 281 g/mol. The van der Waals surface area contributed by atoms with Gasteiger partial charge in [0, 0.05) is 0 Å². The minimum absolute atomic E-state index is 0.0979. The lowest BCUT2D eigenvalue weighted by Gasteiger charge is -2.45. The third kappa shape index (κ3) is 5.51. The Bertz CT molecular complexity index is 352. The molecule has 0 aromatic heterocycles. The van der Waals surface area contributed by atoms with Crippen molar-refractivity contribution >= 4 is 5.97 Å². The predicted octanol–water partition coefficient (Wildman–Crippen LogP) is 5.36. The molecule has 0 aromatic rings. The van der Waals surface area contributed by atoms with Crippen LogP contribution in [-0.2, 0) is 9.53 Å². The molecule has 0 fully saturated rings. The molecule has 0 radical (unpaired) electrons. The van der Waals surface area contributed by atoms with Crippen LogP contribution in [-0.4, -0.2) is 18.8 Å². The van der Waals surface area contributed by atoms with Gasteiger partial charge in [-0.2, -0.15) is 13.2 Å². The number of carbonyl (C=O) groups is 1. The lowest BCUT2D eigenvalue weighted by molar-refractivity contribution is -0.199. The maximum Gasteiger partial charge on any atom is 0.422 e. The third-order valence-electron chi connectivity index (χ3n) is 4.96. The second-order valence-corrected chi connectivity index (χ2v) is 7.47. The molecule has 1 atom stereocenters. The molecule has 0 spiro atoms. The van der Waals surface area contributed by atoms with Crippen LogP contribution in [0.3, 0.4) is 0 Å². The van der Waals surface area contributed by atoms with Gasteiger partial charge in [0.2, 0.25) is 0 Å². The van der Waals surface area contributed by atoms with Gasteiger partial charge >= 0.3 is 12.1 Å². The monoisotopic (exact) mass is 310 g/mol. The maximum atomic E-state index is 12.3. The van der Waals surface area contributed by atoms with Gasteiger partial charge in [-0.3, -0.25) is 4.79 Å². The Balaban J connectivity index is 5.33. The van der Waals surface area contributed by atoms with E-state index in [0.717, 1.165) is 12.8 Å². The summed E-state index contributed by atoms with van der Waals surface area (Å²) in [7, 11) is 0. The molecule has 0 aliphatic carbocycles. The lowest BCUT2D eigenvalue weighted by Crippen LogP contribution is -2.45. The second-order valence-electron chi connectivity index (χ2n) is 7.47. The van der Waals surface area contributed by atoms with Crippen LogP contribution in [0.2, 0.25) is 0 Å². The van der Waals surface area contributed by atoms with Gasteiger partial charge in [-0.05, 0) is 24.2 Å². The van der Waals surface area contributed by atoms with Crippen molar-refractivity contribution in [2.45, 2.75) is 73.9 Å². The Labute approximate surface area is 126 Å². The van der Waals surface area contributed by atoms with Crippen LogP contribution in [0.5, 0.6) is 0 Å². The topological polar surface area (TPSA) is 26.3 Å². The summed E-state index contributed by atoms with van der Waals surface area (Å²) < 4.78 is 41.5. The number of hydrogen-bond donors (Lipinski definition) is 0. The molecule has 0 rings (SSSR count). The van der Waals surface area contributed by atoms with Crippen LogP contribution in [0, 0.1) is 16.2 Å². The van der Waals surface area contributed by atoms with E-state index in [4.69, 9.17) is 0 Å². The van der Waals surface area contributed by atoms with Gasteiger partial charge in [0.15, 0.2) is 6.61 Å². The Morgan fingerprint density at radius 3 is 1.67 bits per heavy atom.